The third kappa shape index (κ3) is 2.54. The van der Waals surface area contributed by atoms with E-state index in [-0.39, 0.29) is 12.2 Å². The average Bonchev–Trinajstić information content (AvgIpc) is 3.24. The summed E-state index contributed by atoms with van der Waals surface area (Å²) in [4.78, 5) is 2.71. The maximum absolute atomic E-state index is 13.2. The van der Waals surface area contributed by atoms with Crippen molar-refractivity contribution < 1.29 is 26.3 Å². The number of rotatable bonds is 2. The summed E-state index contributed by atoms with van der Waals surface area (Å²) >= 11 is 0. The van der Waals surface area contributed by atoms with E-state index in [9.17, 15) is 21.6 Å². The summed E-state index contributed by atoms with van der Waals surface area (Å²) in [5, 5.41) is 11.5. The van der Waals surface area contributed by atoms with Gasteiger partial charge in [0.2, 0.25) is 10.0 Å². The fraction of sp³-hybridized carbons (Fsp3) is 0.533. The van der Waals surface area contributed by atoms with Crippen LogP contribution in [0.5, 0.6) is 0 Å². The highest BCUT2D eigenvalue weighted by molar-refractivity contribution is 7.93. The van der Waals surface area contributed by atoms with Gasteiger partial charge in [-0.15, -0.1) is 0 Å². The predicted octanol–water partition coefficient (Wildman–Crippen LogP) is 2.56. The SMILES string of the molecule is N#Cc1ccc(N2C[C@@H]3[C@@H]([C@H]4O[C@H]3C[C@@H]4N=[N+]=[N-])S2(=O)=O)cc1C(F)(F)F. The summed E-state index contributed by atoms with van der Waals surface area (Å²) in [5.74, 6) is -0.407. The number of halogens is 3. The van der Waals surface area contributed by atoms with E-state index in [2.05, 4.69) is 10.0 Å². The van der Waals surface area contributed by atoms with E-state index < -0.39 is 56.7 Å². The van der Waals surface area contributed by atoms with Crippen LogP contribution in [0.25, 0.3) is 10.4 Å². The summed E-state index contributed by atoms with van der Waals surface area (Å²) in [6.45, 7) is -0.0135. The smallest absolute Gasteiger partial charge is 0.373 e. The van der Waals surface area contributed by atoms with Crippen molar-refractivity contribution in [3.05, 3.63) is 39.8 Å². The Hall–Kier alpha value is -2.48. The molecular weight excluding hydrogens is 387 g/mol. The number of nitriles is 1. The molecule has 142 valence electrons. The van der Waals surface area contributed by atoms with E-state index in [0.717, 1.165) is 10.4 Å². The monoisotopic (exact) mass is 399 g/mol. The third-order valence-corrected chi connectivity index (χ3v) is 7.63. The van der Waals surface area contributed by atoms with E-state index in [1.165, 1.54) is 12.1 Å². The summed E-state index contributed by atoms with van der Waals surface area (Å²) in [7, 11) is -4.01. The Labute approximate surface area is 151 Å². The zero-order valence-corrected chi connectivity index (χ0v) is 14.4. The number of ether oxygens (including phenoxy) is 1. The minimum Gasteiger partial charge on any atom is -0.373 e. The molecule has 5 atom stereocenters. The molecule has 0 N–H and O–H groups in total. The van der Waals surface area contributed by atoms with Crippen LogP contribution < -0.4 is 4.31 Å². The van der Waals surface area contributed by atoms with E-state index in [1.54, 1.807) is 0 Å². The van der Waals surface area contributed by atoms with Crippen LogP contribution in [0.1, 0.15) is 17.5 Å². The molecule has 1 aromatic carbocycles. The van der Waals surface area contributed by atoms with Gasteiger partial charge >= 0.3 is 6.18 Å². The molecule has 0 amide bonds. The van der Waals surface area contributed by atoms with Gasteiger partial charge in [0.05, 0.1) is 41.1 Å². The first kappa shape index (κ1) is 17.9. The molecule has 12 heteroatoms. The fourth-order valence-electron chi connectivity index (χ4n) is 4.25. The van der Waals surface area contributed by atoms with Gasteiger partial charge in [0.25, 0.3) is 0 Å². The van der Waals surface area contributed by atoms with Gasteiger partial charge in [-0.25, -0.2) is 8.42 Å². The van der Waals surface area contributed by atoms with Crippen LogP contribution in [0.3, 0.4) is 0 Å². The van der Waals surface area contributed by atoms with Gasteiger partial charge in [-0.2, -0.15) is 18.4 Å². The van der Waals surface area contributed by atoms with E-state index in [1.807, 2.05) is 0 Å². The molecule has 3 aliphatic heterocycles. The molecule has 0 aliphatic carbocycles. The number of anilines is 1. The lowest BCUT2D eigenvalue weighted by Crippen LogP contribution is -2.42. The largest absolute Gasteiger partial charge is 0.417 e. The Morgan fingerprint density at radius 2 is 2.15 bits per heavy atom. The molecular formula is C15H12F3N5O3S. The van der Waals surface area contributed by atoms with E-state index >= 15 is 0 Å². The predicted molar refractivity (Wildman–Crippen MR) is 85.9 cm³/mol. The molecule has 0 unspecified atom stereocenters. The maximum Gasteiger partial charge on any atom is 0.417 e. The summed E-state index contributed by atoms with van der Waals surface area (Å²) in [6.07, 6.45) is -5.61. The van der Waals surface area contributed by atoms with Crippen molar-refractivity contribution in [2.45, 2.75) is 36.1 Å². The molecule has 3 heterocycles. The lowest BCUT2D eigenvalue weighted by atomic mass is 9.86. The van der Waals surface area contributed by atoms with Crippen molar-refractivity contribution >= 4 is 15.7 Å². The number of hydrogen-bond donors (Lipinski definition) is 0. The summed E-state index contributed by atoms with van der Waals surface area (Å²) in [6, 6.07) is 3.71. The summed E-state index contributed by atoms with van der Waals surface area (Å²) < 4.78 is 72.2. The number of alkyl halides is 3. The van der Waals surface area contributed by atoms with Gasteiger partial charge < -0.3 is 4.74 Å². The first-order valence-corrected chi connectivity index (χ1v) is 9.51. The molecule has 27 heavy (non-hydrogen) atoms. The fourth-order valence-corrected chi connectivity index (χ4v) is 6.62. The molecule has 0 saturated carbocycles. The molecule has 2 bridgehead atoms. The van der Waals surface area contributed by atoms with Crippen molar-refractivity contribution in [2.75, 3.05) is 10.8 Å². The average molecular weight is 399 g/mol. The number of nitrogens with zero attached hydrogens (tertiary/aromatic N) is 5. The van der Waals surface area contributed by atoms with Crippen molar-refractivity contribution in [2.24, 2.45) is 11.0 Å². The van der Waals surface area contributed by atoms with Crippen LogP contribution in [-0.2, 0) is 20.9 Å². The minimum atomic E-state index is -4.78. The molecule has 8 nitrogen and oxygen atoms in total. The second kappa shape index (κ2) is 5.76. The Kier molecular flexibility index (Phi) is 3.82. The number of sulfonamides is 1. The minimum absolute atomic E-state index is 0.0135. The highest BCUT2D eigenvalue weighted by atomic mass is 32.2. The highest BCUT2D eigenvalue weighted by Crippen LogP contribution is 2.50. The van der Waals surface area contributed by atoms with Crippen LogP contribution in [0, 0.1) is 17.2 Å². The topological polar surface area (TPSA) is 119 Å². The number of benzene rings is 1. The lowest BCUT2D eigenvalue weighted by molar-refractivity contribution is -0.137. The first-order chi connectivity index (χ1) is 12.7. The van der Waals surface area contributed by atoms with Gasteiger partial charge in [-0.1, -0.05) is 5.11 Å². The van der Waals surface area contributed by atoms with E-state index in [0.29, 0.717) is 12.5 Å². The first-order valence-electron chi connectivity index (χ1n) is 8.01. The standard InChI is InChI=1S/C15H12F3N5O3S/c16-15(17,18)10-3-8(2-1-7(10)5-19)23-6-9-12-4-11(21-22-20)13(26-12)14(9)27(23,24)25/h1-3,9,11-14H,4,6H2/t9-,11-,12-,13-,14-/m0/s1. The van der Waals surface area contributed by atoms with Gasteiger partial charge in [0, 0.05) is 17.4 Å². The Morgan fingerprint density at radius 3 is 2.78 bits per heavy atom. The zero-order chi connectivity index (χ0) is 19.6. The normalized spacial score (nSPS) is 33.4. The Balaban J connectivity index is 1.74. The number of hydrogen-bond acceptors (Lipinski definition) is 5. The highest BCUT2D eigenvalue weighted by Gasteiger charge is 2.64. The van der Waals surface area contributed by atoms with Crippen molar-refractivity contribution in [3.8, 4) is 6.07 Å². The molecule has 3 aliphatic rings. The van der Waals surface area contributed by atoms with Crippen molar-refractivity contribution in [3.63, 3.8) is 0 Å². The van der Waals surface area contributed by atoms with Crippen LogP contribution >= 0.6 is 0 Å². The van der Waals surface area contributed by atoms with Gasteiger partial charge in [0.15, 0.2) is 0 Å². The molecule has 1 aromatic rings. The second-order valence-electron chi connectivity index (χ2n) is 6.69. The van der Waals surface area contributed by atoms with E-state index in [4.69, 9.17) is 15.5 Å². The van der Waals surface area contributed by atoms with Crippen molar-refractivity contribution in [1.82, 2.24) is 0 Å². The van der Waals surface area contributed by atoms with Crippen molar-refractivity contribution in [1.29, 1.82) is 5.26 Å². The van der Waals surface area contributed by atoms with Crippen LogP contribution in [0.4, 0.5) is 18.9 Å². The van der Waals surface area contributed by atoms with Gasteiger partial charge in [-0.05, 0) is 30.2 Å². The quantitative estimate of drug-likeness (QED) is 0.431. The zero-order valence-electron chi connectivity index (χ0n) is 13.5. The third-order valence-electron chi connectivity index (χ3n) is 5.35. The maximum atomic E-state index is 13.2. The second-order valence-corrected chi connectivity index (χ2v) is 8.71. The molecule has 3 saturated heterocycles. The Morgan fingerprint density at radius 1 is 1.41 bits per heavy atom. The molecule has 0 radical (unpaired) electrons. The van der Waals surface area contributed by atoms with Crippen LogP contribution in [0.2, 0.25) is 0 Å². The van der Waals surface area contributed by atoms with Crippen LogP contribution in [-0.4, -0.2) is 38.5 Å². The lowest BCUT2D eigenvalue weighted by Gasteiger charge is -2.24. The van der Waals surface area contributed by atoms with Crippen LogP contribution in [0.15, 0.2) is 23.3 Å². The Bertz CT molecular complexity index is 999. The molecule has 0 aromatic heterocycles. The summed E-state index contributed by atoms with van der Waals surface area (Å²) in [5.41, 5.74) is 6.72. The molecule has 0 spiro atoms. The number of fused-ring (bicyclic) bond motifs is 5. The van der Waals surface area contributed by atoms with Gasteiger partial charge in [-0.3, -0.25) is 4.31 Å². The molecule has 4 rings (SSSR count). The molecule has 3 fully saturated rings. The number of azide groups is 1. The van der Waals surface area contributed by atoms with Gasteiger partial charge in [0.1, 0.15) is 5.25 Å².